The molecule has 0 aliphatic carbocycles. The van der Waals surface area contributed by atoms with Crippen LogP contribution in [0.4, 0.5) is 5.13 Å². The summed E-state index contributed by atoms with van der Waals surface area (Å²) in [4.78, 5) is 7.15. The molecule has 0 bridgehead atoms. The maximum Gasteiger partial charge on any atom is 0.186 e. The fourth-order valence-corrected chi connectivity index (χ4v) is 3.85. The van der Waals surface area contributed by atoms with Crippen LogP contribution in [0.1, 0.15) is 6.42 Å². The van der Waals surface area contributed by atoms with Gasteiger partial charge in [-0.1, -0.05) is 30.3 Å². The molecular formula is C16H18N2O2S. The number of ether oxygens (including phenoxy) is 2. The second kappa shape index (κ2) is 5.40. The highest BCUT2D eigenvalue weighted by molar-refractivity contribution is 7.14. The fourth-order valence-electron chi connectivity index (χ4n) is 2.99. The first kappa shape index (κ1) is 13.2. The van der Waals surface area contributed by atoms with Gasteiger partial charge in [0.1, 0.15) is 5.60 Å². The third-order valence-electron chi connectivity index (χ3n) is 4.15. The summed E-state index contributed by atoms with van der Waals surface area (Å²) >= 11 is 1.71. The highest BCUT2D eigenvalue weighted by atomic mass is 32.1. The maximum absolute atomic E-state index is 5.98. The number of nitrogens with zero attached hydrogens (tertiary/aromatic N) is 2. The minimum atomic E-state index is -0.114. The SMILES string of the molecule is c1ccc(-c2csc(N3CCOC4(CCOC4)C3)n2)cc1. The molecule has 2 saturated heterocycles. The van der Waals surface area contributed by atoms with Crippen LogP contribution in [-0.4, -0.2) is 43.5 Å². The Bertz CT molecular complexity index is 608. The van der Waals surface area contributed by atoms with Crippen molar-refractivity contribution in [1.82, 2.24) is 4.98 Å². The lowest BCUT2D eigenvalue weighted by molar-refractivity contribution is -0.0579. The number of rotatable bonds is 2. The van der Waals surface area contributed by atoms with E-state index in [2.05, 4.69) is 22.4 Å². The summed E-state index contributed by atoms with van der Waals surface area (Å²) in [6.07, 6.45) is 0.987. The standard InChI is InChI=1S/C16H18N2O2S/c1-2-4-13(5-3-1)14-10-21-15(17-14)18-7-9-20-16(11-18)6-8-19-12-16/h1-5,10H,6-9,11-12H2. The van der Waals surface area contributed by atoms with E-state index in [1.807, 2.05) is 18.2 Å². The molecular weight excluding hydrogens is 284 g/mol. The summed E-state index contributed by atoms with van der Waals surface area (Å²) in [5.74, 6) is 0. The topological polar surface area (TPSA) is 34.6 Å². The van der Waals surface area contributed by atoms with Gasteiger partial charge in [0.15, 0.2) is 5.13 Å². The van der Waals surface area contributed by atoms with E-state index < -0.39 is 0 Å². The number of anilines is 1. The molecule has 1 unspecified atom stereocenters. The van der Waals surface area contributed by atoms with Crippen molar-refractivity contribution in [3.63, 3.8) is 0 Å². The van der Waals surface area contributed by atoms with Crippen LogP contribution >= 0.6 is 11.3 Å². The van der Waals surface area contributed by atoms with Crippen LogP contribution in [0.5, 0.6) is 0 Å². The maximum atomic E-state index is 5.98. The number of morpholine rings is 1. The Kier molecular flexibility index (Phi) is 3.41. The van der Waals surface area contributed by atoms with E-state index in [0.29, 0.717) is 6.61 Å². The summed E-state index contributed by atoms with van der Waals surface area (Å²) in [6, 6.07) is 10.3. The van der Waals surface area contributed by atoms with E-state index >= 15 is 0 Å². The van der Waals surface area contributed by atoms with E-state index in [4.69, 9.17) is 14.5 Å². The number of thiazole rings is 1. The molecule has 5 heteroatoms. The monoisotopic (exact) mass is 302 g/mol. The minimum Gasteiger partial charge on any atom is -0.378 e. The first-order valence-electron chi connectivity index (χ1n) is 7.32. The van der Waals surface area contributed by atoms with Crippen molar-refractivity contribution >= 4 is 16.5 Å². The molecule has 0 radical (unpaired) electrons. The normalized spacial score (nSPS) is 25.6. The molecule has 0 amide bonds. The second-order valence-corrected chi connectivity index (χ2v) is 6.47. The molecule has 0 saturated carbocycles. The summed E-state index contributed by atoms with van der Waals surface area (Å²) in [5, 5.41) is 3.22. The fraction of sp³-hybridized carbons (Fsp3) is 0.438. The second-order valence-electron chi connectivity index (χ2n) is 5.64. The zero-order valence-corrected chi connectivity index (χ0v) is 12.6. The molecule has 110 valence electrons. The van der Waals surface area contributed by atoms with Gasteiger partial charge in [-0.15, -0.1) is 11.3 Å². The van der Waals surface area contributed by atoms with Gasteiger partial charge in [-0.2, -0.15) is 0 Å². The van der Waals surface area contributed by atoms with Gasteiger partial charge in [-0.3, -0.25) is 0 Å². The van der Waals surface area contributed by atoms with E-state index in [-0.39, 0.29) is 5.60 Å². The van der Waals surface area contributed by atoms with E-state index in [9.17, 15) is 0 Å². The average molecular weight is 302 g/mol. The molecule has 2 aliphatic heterocycles. The zero-order valence-electron chi connectivity index (χ0n) is 11.8. The lowest BCUT2D eigenvalue weighted by Crippen LogP contribution is -2.52. The smallest absolute Gasteiger partial charge is 0.186 e. The largest absolute Gasteiger partial charge is 0.378 e. The molecule has 3 heterocycles. The minimum absolute atomic E-state index is 0.114. The molecule has 1 spiro atoms. The van der Waals surface area contributed by atoms with Gasteiger partial charge < -0.3 is 14.4 Å². The molecule has 1 aromatic carbocycles. The highest BCUT2D eigenvalue weighted by Crippen LogP contribution is 2.33. The summed E-state index contributed by atoms with van der Waals surface area (Å²) in [5.41, 5.74) is 2.11. The Labute approximate surface area is 128 Å². The molecule has 2 aromatic rings. The summed E-state index contributed by atoms with van der Waals surface area (Å²) in [6.45, 7) is 4.06. The predicted molar refractivity (Wildman–Crippen MR) is 83.9 cm³/mol. The van der Waals surface area contributed by atoms with Crippen molar-refractivity contribution in [2.75, 3.05) is 37.8 Å². The van der Waals surface area contributed by atoms with Crippen molar-refractivity contribution in [1.29, 1.82) is 0 Å². The predicted octanol–water partition coefficient (Wildman–Crippen LogP) is 2.81. The first-order chi connectivity index (χ1) is 10.3. The summed E-state index contributed by atoms with van der Waals surface area (Å²) in [7, 11) is 0. The molecule has 1 aromatic heterocycles. The number of hydrogen-bond acceptors (Lipinski definition) is 5. The Morgan fingerprint density at radius 3 is 2.90 bits per heavy atom. The van der Waals surface area contributed by atoms with E-state index in [0.717, 1.165) is 43.5 Å². The van der Waals surface area contributed by atoms with Crippen LogP contribution in [0.15, 0.2) is 35.7 Å². The quantitative estimate of drug-likeness (QED) is 0.854. The van der Waals surface area contributed by atoms with Gasteiger partial charge in [-0.25, -0.2) is 4.98 Å². The highest BCUT2D eigenvalue weighted by Gasteiger charge is 2.41. The number of aromatic nitrogens is 1. The molecule has 21 heavy (non-hydrogen) atoms. The van der Waals surface area contributed by atoms with Crippen molar-refractivity contribution < 1.29 is 9.47 Å². The number of hydrogen-bond donors (Lipinski definition) is 0. The van der Waals surface area contributed by atoms with Crippen LogP contribution in [-0.2, 0) is 9.47 Å². The third kappa shape index (κ3) is 2.57. The average Bonchev–Trinajstić information content (AvgIpc) is 3.18. The van der Waals surface area contributed by atoms with Crippen molar-refractivity contribution in [2.45, 2.75) is 12.0 Å². The molecule has 4 nitrogen and oxygen atoms in total. The van der Waals surface area contributed by atoms with Crippen LogP contribution in [0.25, 0.3) is 11.3 Å². The van der Waals surface area contributed by atoms with Gasteiger partial charge in [0.05, 0.1) is 25.5 Å². The van der Waals surface area contributed by atoms with Gasteiger partial charge in [0, 0.05) is 30.5 Å². The van der Waals surface area contributed by atoms with Crippen molar-refractivity contribution in [2.24, 2.45) is 0 Å². The molecule has 4 rings (SSSR count). The lowest BCUT2D eigenvalue weighted by atomic mass is 10.0. The summed E-state index contributed by atoms with van der Waals surface area (Å²) < 4.78 is 11.5. The Balaban J connectivity index is 1.55. The van der Waals surface area contributed by atoms with Gasteiger partial charge in [0.2, 0.25) is 0 Å². The molecule has 1 atom stereocenters. The molecule has 0 N–H and O–H groups in total. The van der Waals surface area contributed by atoms with Crippen LogP contribution in [0.3, 0.4) is 0 Å². The van der Waals surface area contributed by atoms with Gasteiger partial charge >= 0.3 is 0 Å². The first-order valence-corrected chi connectivity index (χ1v) is 8.20. The Morgan fingerprint density at radius 1 is 1.19 bits per heavy atom. The van der Waals surface area contributed by atoms with E-state index in [1.165, 1.54) is 5.56 Å². The van der Waals surface area contributed by atoms with Crippen molar-refractivity contribution in [3.8, 4) is 11.3 Å². The van der Waals surface area contributed by atoms with Crippen LogP contribution < -0.4 is 4.90 Å². The Morgan fingerprint density at radius 2 is 2.10 bits per heavy atom. The number of benzene rings is 1. The molecule has 2 fully saturated rings. The van der Waals surface area contributed by atoms with Crippen molar-refractivity contribution in [3.05, 3.63) is 35.7 Å². The van der Waals surface area contributed by atoms with E-state index in [1.54, 1.807) is 11.3 Å². The van der Waals surface area contributed by atoms with Gasteiger partial charge in [-0.05, 0) is 0 Å². The van der Waals surface area contributed by atoms with Gasteiger partial charge in [0.25, 0.3) is 0 Å². The zero-order chi connectivity index (χ0) is 14.1. The van der Waals surface area contributed by atoms with Crippen LogP contribution in [0, 0.1) is 0 Å². The lowest BCUT2D eigenvalue weighted by Gasteiger charge is -2.39. The molecule has 2 aliphatic rings. The third-order valence-corrected chi connectivity index (χ3v) is 5.05. The van der Waals surface area contributed by atoms with Crippen LogP contribution in [0.2, 0.25) is 0 Å². The Hall–Kier alpha value is -1.43.